The average Bonchev–Trinajstić information content (AvgIpc) is 2.94. The number of fused-ring (bicyclic) bond motifs is 1. The molecule has 0 bridgehead atoms. The predicted octanol–water partition coefficient (Wildman–Crippen LogP) is 4.21. The van der Waals surface area contributed by atoms with Crippen LogP contribution in [0.3, 0.4) is 0 Å². The number of rotatable bonds is 6. The van der Waals surface area contributed by atoms with E-state index in [2.05, 4.69) is 15.3 Å². The molecule has 0 aliphatic heterocycles. The van der Waals surface area contributed by atoms with Crippen LogP contribution in [0.2, 0.25) is 10.0 Å². The molecule has 0 unspecified atom stereocenters. The summed E-state index contributed by atoms with van der Waals surface area (Å²) in [4.78, 5) is 7.87. The molecule has 23 heavy (non-hydrogen) atoms. The second-order valence-electron chi connectivity index (χ2n) is 5.21. The molecule has 3 rings (SSSR count). The number of hydrogen-bond donors (Lipinski definition) is 2. The minimum absolute atomic E-state index is 0.522. The van der Waals surface area contributed by atoms with Gasteiger partial charge < -0.3 is 15.0 Å². The molecule has 4 nitrogen and oxygen atoms in total. The van der Waals surface area contributed by atoms with E-state index < -0.39 is 0 Å². The summed E-state index contributed by atoms with van der Waals surface area (Å²) in [5, 5.41) is 4.49. The van der Waals surface area contributed by atoms with E-state index in [1.807, 2.05) is 30.3 Å². The van der Waals surface area contributed by atoms with Crippen LogP contribution in [0, 0.1) is 0 Å². The normalized spacial score (nSPS) is 11.1. The number of ether oxygens (including phenoxy) is 1. The van der Waals surface area contributed by atoms with Crippen molar-refractivity contribution in [3.8, 4) is 5.75 Å². The molecule has 3 aromatic rings. The van der Waals surface area contributed by atoms with Crippen LogP contribution in [0.15, 0.2) is 36.4 Å². The van der Waals surface area contributed by atoms with Crippen molar-refractivity contribution in [1.82, 2.24) is 15.3 Å². The molecule has 0 fully saturated rings. The van der Waals surface area contributed by atoms with Crippen molar-refractivity contribution in [3.05, 3.63) is 57.8 Å². The Morgan fingerprint density at radius 1 is 1.22 bits per heavy atom. The van der Waals surface area contributed by atoms with Gasteiger partial charge in [0.05, 0.1) is 23.2 Å². The van der Waals surface area contributed by atoms with Gasteiger partial charge in [0, 0.05) is 30.1 Å². The van der Waals surface area contributed by atoms with Gasteiger partial charge in [-0.1, -0.05) is 35.3 Å². The van der Waals surface area contributed by atoms with Crippen molar-refractivity contribution >= 4 is 34.2 Å². The van der Waals surface area contributed by atoms with Crippen LogP contribution >= 0.6 is 23.2 Å². The number of benzene rings is 2. The minimum Gasteiger partial charge on any atom is -0.495 e. The van der Waals surface area contributed by atoms with E-state index in [9.17, 15) is 0 Å². The fraction of sp³-hybridized carbons (Fsp3) is 0.235. The topological polar surface area (TPSA) is 49.9 Å². The molecule has 2 N–H and O–H groups in total. The van der Waals surface area contributed by atoms with Crippen molar-refractivity contribution in [2.75, 3.05) is 13.7 Å². The summed E-state index contributed by atoms with van der Waals surface area (Å²) in [6, 6.07) is 11.6. The van der Waals surface area contributed by atoms with Crippen LogP contribution < -0.4 is 10.1 Å². The first-order valence-corrected chi connectivity index (χ1v) is 8.09. The van der Waals surface area contributed by atoms with E-state index in [-0.39, 0.29) is 0 Å². The summed E-state index contributed by atoms with van der Waals surface area (Å²) in [6.45, 7) is 1.41. The van der Waals surface area contributed by atoms with Crippen LogP contribution in [-0.2, 0) is 13.0 Å². The molecule has 1 aromatic heterocycles. The number of nitrogens with zero attached hydrogens (tertiary/aromatic N) is 1. The fourth-order valence-electron chi connectivity index (χ4n) is 2.53. The van der Waals surface area contributed by atoms with Crippen LogP contribution in [0.5, 0.6) is 5.75 Å². The quantitative estimate of drug-likeness (QED) is 0.655. The molecule has 0 atom stereocenters. The Hall–Kier alpha value is -1.75. The van der Waals surface area contributed by atoms with E-state index in [0.29, 0.717) is 22.3 Å². The second kappa shape index (κ2) is 7.21. The SMILES string of the molecule is COc1c(Cl)cc(Cl)cc1CNCCc1nc2ccccc2[nH]1. The zero-order valence-electron chi connectivity index (χ0n) is 12.7. The van der Waals surface area contributed by atoms with Crippen molar-refractivity contribution in [1.29, 1.82) is 0 Å². The Morgan fingerprint density at radius 3 is 2.83 bits per heavy atom. The van der Waals surface area contributed by atoms with Gasteiger partial charge in [0.15, 0.2) is 0 Å². The van der Waals surface area contributed by atoms with E-state index in [4.69, 9.17) is 27.9 Å². The Morgan fingerprint density at radius 2 is 2.04 bits per heavy atom. The molecule has 2 aromatic carbocycles. The number of aromatic nitrogens is 2. The summed E-state index contributed by atoms with van der Waals surface area (Å²) in [5.41, 5.74) is 2.99. The summed E-state index contributed by atoms with van der Waals surface area (Å²) in [6.07, 6.45) is 0.811. The first-order valence-electron chi connectivity index (χ1n) is 7.33. The number of halogens is 2. The molecular formula is C17H17Cl2N3O. The van der Waals surface area contributed by atoms with Crippen LogP contribution in [-0.4, -0.2) is 23.6 Å². The number of para-hydroxylation sites is 2. The highest BCUT2D eigenvalue weighted by molar-refractivity contribution is 6.35. The number of imidazole rings is 1. The van der Waals surface area contributed by atoms with Crippen LogP contribution in [0.1, 0.15) is 11.4 Å². The zero-order valence-corrected chi connectivity index (χ0v) is 14.2. The first kappa shape index (κ1) is 16.1. The Bertz CT molecular complexity index is 784. The molecule has 0 saturated carbocycles. The third-order valence-corrected chi connectivity index (χ3v) is 4.08. The van der Waals surface area contributed by atoms with Crippen molar-refractivity contribution in [2.24, 2.45) is 0 Å². The lowest BCUT2D eigenvalue weighted by molar-refractivity contribution is 0.408. The lowest BCUT2D eigenvalue weighted by Crippen LogP contribution is -2.17. The Labute approximate surface area is 144 Å². The van der Waals surface area contributed by atoms with Gasteiger partial charge in [-0.3, -0.25) is 0 Å². The van der Waals surface area contributed by atoms with Crippen molar-refractivity contribution < 1.29 is 4.74 Å². The van der Waals surface area contributed by atoms with E-state index in [0.717, 1.165) is 35.4 Å². The Balaban J connectivity index is 1.59. The monoisotopic (exact) mass is 349 g/mol. The molecule has 0 saturated heterocycles. The van der Waals surface area contributed by atoms with Crippen LogP contribution in [0.4, 0.5) is 0 Å². The number of H-pyrrole nitrogens is 1. The highest BCUT2D eigenvalue weighted by Gasteiger charge is 2.09. The lowest BCUT2D eigenvalue weighted by atomic mass is 10.2. The smallest absolute Gasteiger partial charge is 0.142 e. The molecule has 120 valence electrons. The maximum absolute atomic E-state index is 6.14. The first-order chi connectivity index (χ1) is 11.2. The highest BCUT2D eigenvalue weighted by Crippen LogP contribution is 2.32. The summed E-state index contributed by atoms with van der Waals surface area (Å²) in [5.74, 6) is 1.63. The van der Waals surface area contributed by atoms with Crippen molar-refractivity contribution in [3.63, 3.8) is 0 Å². The maximum Gasteiger partial charge on any atom is 0.142 e. The molecule has 0 amide bonds. The largest absolute Gasteiger partial charge is 0.495 e. The average molecular weight is 350 g/mol. The summed E-state index contributed by atoms with van der Waals surface area (Å²) in [7, 11) is 1.60. The predicted molar refractivity (Wildman–Crippen MR) is 94.5 cm³/mol. The fourth-order valence-corrected chi connectivity index (χ4v) is 3.14. The minimum atomic E-state index is 0.522. The molecule has 1 heterocycles. The molecular weight excluding hydrogens is 333 g/mol. The number of hydrogen-bond acceptors (Lipinski definition) is 3. The maximum atomic E-state index is 6.14. The Kier molecular flexibility index (Phi) is 5.06. The van der Waals surface area contributed by atoms with Crippen LogP contribution in [0.25, 0.3) is 11.0 Å². The molecule has 0 aliphatic rings. The zero-order chi connectivity index (χ0) is 16.2. The number of methoxy groups -OCH3 is 1. The van der Waals surface area contributed by atoms with Gasteiger partial charge in [-0.05, 0) is 24.3 Å². The van der Waals surface area contributed by atoms with Gasteiger partial charge in [-0.25, -0.2) is 4.98 Å². The third-order valence-electron chi connectivity index (χ3n) is 3.58. The molecule has 0 spiro atoms. The molecule has 0 aliphatic carbocycles. The van der Waals surface area contributed by atoms with E-state index in [1.165, 1.54) is 0 Å². The third kappa shape index (κ3) is 3.78. The number of nitrogens with one attached hydrogen (secondary N) is 2. The van der Waals surface area contributed by atoms with E-state index >= 15 is 0 Å². The lowest BCUT2D eigenvalue weighted by Gasteiger charge is -2.11. The van der Waals surface area contributed by atoms with Gasteiger partial charge in [-0.15, -0.1) is 0 Å². The molecule has 0 radical (unpaired) electrons. The summed E-state index contributed by atoms with van der Waals surface area (Å²) >= 11 is 12.2. The van der Waals surface area contributed by atoms with Gasteiger partial charge in [0.2, 0.25) is 0 Å². The molecule has 6 heteroatoms. The summed E-state index contributed by atoms with van der Waals surface area (Å²) < 4.78 is 5.34. The highest BCUT2D eigenvalue weighted by atomic mass is 35.5. The van der Waals surface area contributed by atoms with Gasteiger partial charge in [-0.2, -0.15) is 0 Å². The van der Waals surface area contributed by atoms with Gasteiger partial charge >= 0.3 is 0 Å². The van der Waals surface area contributed by atoms with Crippen molar-refractivity contribution in [2.45, 2.75) is 13.0 Å². The number of aromatic amines is 1. The standard InChI is InChI=1S/C17H17Cl2N3O/c1-23-17-11(8-12(18)9-13(17)19)10-20-7-6-16-21-14-4-2-3-5-15(14)22-16/h2-5,8-9,20H,6-7,10H2,1H3,(H,21,22). The van der Waals surface area contributed by atoms with Gasteiger partial charge in [0.1, 0.15) is 11.6 Å². The van der Waals surface area contributed by atoms with E-state index in [1.54, 1.807) is 13.2 Å². The second-order valence-corrected chi connectivity index (χ2v) is 6.05. The van der Waals surface area contributed by atoms with Gasteiger partial charge in [0.25, 0.3) is 0 Å².